The lowest BCUT2D eigenvalue weighted by molar-refractivity contribution is -0.290. The molecule has 0 bridgehead atoms. The van der Waals surface area contributed by atoms with Gasteiger partial charge in [-0.1, -0.05) is 0 Å². The van der Waals surface area contributed by atoms with Crippen LogP contribution in [0.3, 0.4) is 0 Å². The number of aliphatic hydroxyl groups is 8. The normalized spacial score (nSPS) is 44.3. The number of rotatable bonds is 16. The molecule has 21 N–H and O–H groups in total. The van der Waals surface area contributed by atoms with Gasteiger partial charge in [0.1, 0.15) is 61.0 Å². The molecule has 5 rings (SSSR count). The van der Waals surface area contributed by atoms with Gasteiger partial charge in [0.2, 0.25) is 0 Å². The van der Waals surface area contributed by atoms with Gasteiger partial charge in [-0.2, -0.15) is 0 Å². The van der Waals surface area contributed by atoms with E-state index in [2.05, 4.69) is 16.0 Å². The van der Waals surface area contributed by atoms with Gasteiger partial charge >= 0.3 is 0 Å². The van der Waals surface area contributed by atoms with Crippen molar-refractivity contribution in [2.24, 2.45) is 28.7 Å². The minimum atomic E-state index is -1.93. The minimum absolute atomic E-state index is 0.115. The van der Waals surface area contributed by atoms with Gasteiger partial charge < -0.3 is 114 Å². The van der Waals surface area contributed by atoms with Crippen LogP contribution < -0.4 is 44.6 Å². The van der Waals surface area contributed by atoms with E-state index in [9.17, 15) is 45.6 Å². The van der Waals surface area contributed by atoms with Crippen LogP contribution >= 0.6 is 0 Å². The van der Waals surface area contributed by atoms with Crippen LogP contribution in [-0.2, 0) is 33.2 Å². The lowest BCUT2D eigenvalue weighted by atomic mass is 9.83. The summed E-state index contributed by atoms with van der Waals surface area (Å²) in [6.45, 7) is 0.859. The smallest absolute Gasteiger partial charge is 0.251 e. The maximum absolute atomic E-state index is 12.8. The van der Waals surface area contributed by atoms with Gasteiger partial charge in [0.25, 0.3) is 5.91 Å². The Morgan fingerprint density at radius 1 is 0.821 bits per heavy atom. The van der Waals surface area contributed by atoms with Crippen molar-refractivity contribution in [2.75, 3.05) is 45.9 Å². The van der Waals surface area contributed by atoms with Crippen molar-refractivity contribution >= 4 is 5.91 Å². The molecular weight excluding hydrogens is 748 g/mol. The van der Waals surface area contributed by atoms with E-state index in [0.717, 1.165) is 0 Å². The van der Waals surface area contributed by atoms with Gasteiger partial charge in [-0.15, -0.1) is 0 Å². The summed E-state index contributed by atoms with van der Waals surface area (Å²) in [6, 6.07) is -4.11. The average molecular weight is 813 g/mol. The summed E-state index contributed by atoms with van der Waals surface area (Å²) in [5.41, 5.74) is 29.4. The number of carbonyl (C=O) groups excluding carboxylic acids is 1. The van der Waals surface area contributed by atoms with Crippen LogP contribution in [0.5, 0.6) is 0 Å². The molecule has 0 aromatic carbocycles. The van der Waals surface area contributed by atoms with Crippen LogP contribution in [0.4, 0.5) is 0 Å². The fourth-order valence-electron chi connectivity index (χ4n) is 7.84. The van der Waals surface area contributed by atoms with Crippen molar-refractivity contribution in [1.29, 1.82) is 0 Å². The van der Waals surface area contributed by atoms with Crippen LogP contribution in [-0.4, -0.2) is 215 Å². The largest absolute Gasteiger partial charge is 0.394 e. The van der Waals surface area contributed by atoms with E-state index in [1.807, 2.05) is 0 Å². The van der Waals surface area contributed by atoms with Crippen molar-refractivity contribution in [1.82, 2.24) is 16.0 Å². The summed E-state index contributed by atoms with van der Waals surface area (Å²) >= 11 is 0. The molecule has 23 heteroatoms. The third-order valence-electron chi connectivity index (χ3n) is 11.4. The summed E-state index contributed by atoms with van der Waals surface area (Å²) < 4.78 is 36.2. The average Bonchev–Trinajstić information content (AvgIpc) is 3.48. The van der Waals surface area contributed by atoms with Crippen LogP contribution in [0.15, 0.2) is 0 Å². The summed E-state index contributed by atoms with van der Waals surface area (Å²) in [5, 5.41) is 94.2. The summed E-state index contributed by atoms with van der Waals surface area (Å²) in [4.78, 5) is 12.8. The van der Waals surface area contributed by atoms with E-state index in [0.29, 0.717) is 51.9 Å². The molecule has 1 unspecified atom stereocenters. The number of amides is 1. The SMILES string of the molecule is NC[C@@H](O)C(O)C(=O)N[C@@H]1C[C@H](N)[C@@H](O[C@H]2O[C@H](CNCC3(O)CCNCC3)CC[C@H]2N)[C@H](O[C@@H]2O[C@H](CO)[C@@H](O[C@H]3O[C@@H](CN)[C@@H](O)[C@H](O)[C@H]3N)[C@H]2O)[C@H]1O. The van der Waals surface area contributed by atoms with E-state index in [4.69, 9.17) is 57.1 Å². The van der Waals surface area contributed by atoms with Gasteiger partial charge in [0.05, 0.1) is 36.4 Å². The molecule has 1 amide bonds. The summed E-state index contributed by atoms with van der Waals surface area (Å²) in [6.07, 6.45) is -18.5. The second kappa shape index (κ2) is 20.3. The first-order valence-electron chi connectivity index (χ1n) is 19.3. The molecule has 1 aliphatic carbocycles. The second-order valence-electron chi connectivity index (χ2n) is 15.6. The Hall–Kier alpha value is -1.37. The quantitative estimate of drug-likeness (QED) is 0.0688. The Balaban J connectivity index is 1.31. The lowest BCUT2D eigenvalue weighted by Gasteiger charge is -2.47. The highest BCUT2D eigenvalue weighted by atomic mass is 16.8. The Labute approximate surface area is 324 Å². The molecule has 4 aliphatic heterocycles. The first-order chi connectivity index (χ1) is 26.6. The van der Waals surface area contributed by atoms with E-state index in [1.54, 1.807) is 0 Å². The predicted molar refractivity (Wildman–Crippen MR) is 191 cm³/mol. The zero-order valence-corrected chi connectivity index (χ0v) is 31.3. The standard InChI is InChI=1S/C33H64N8O15/c34-8-17(43)22(45)29(49)41-16-7-15(37)26(54-30-14(36)2-1-13(51-30)10-40-12-33(50)3-5-39-6-4-33)28(21(16)44)56-32-25(48)27(19(11-42)53-32)55-31-20(38)24(47)23(46)18(9-35)52-31/h13-28,30-32,39-40,42-48,50H,1-12,34-38H2,(H,41,49)/t13-,14+,15-,16+,17+,18-,19+,20+,21-,22?,23+,24+,25+,26+,27+,28+,30+,31+,32-/m0/s1. The predicted octanol–water partition coefficient (Wildman–Crippen LogP) is -9.25. The highest BCUT2D eigenvalue weighted by Gasteiger charge is 2.54. The zero-order chi connectivity index (χ0) is 40.9. The van der Waals surface area contributed by atoms with E-state index >= 15 is 0 Å². The summed E-state index contributed by atoms with van der Waals surface area (Å²) in [5.74, 6) is -1.04. The molecule has 0 aromatic heterocycles. The van der Waals surface area contributed by atoms with Gasteiger partial charge in [0, 0.05) is 32.2 Å². The van der Waals surface area contributed by atoms with Crippen molar-refractivity contribution < 1.29 is 74.1 Å². The second-order valence-corrected chi connectivity index (χ2v) is 15.6. The summed E-state index contributed by atoms with van der Waals surface area (Å²) in [7, 11) is 0. The van der Waals surface area contributed by atoms with Crippen molar-refractivity contribution in [3.63, 3.8) is 0 Å². The van der Waals surface area contributed by atoms with Crippen molar-refractivity contribution in [3.05, 3.63) is 0 Å². The number of aliphatic hydroxyl groups excluding tert-OH is 7. The van der Waals surface area contributed by atoms with Gasteiger partial charge in [-0.25, -0.2) is 0 Å². The number of nitrogens with two attached hydrogens (primary N) is 5. The van der Waals surface area contributed by atoms with Crippen LogP contribution in [0.25, 0.3) is 0 Å². The molecule has 4 saturated heterocycles. The van der Waals surface area contributed by atoms with Gasteiger partial charge in [-0.05, 0) is 45.2 Å². The number of nitrogens with one attached hydrogen (secondary N) is 3. The Kier molecular flexibility index (Phi) is 16.5. The maximum Gasteiger partial charge on any atom is 0.251 e. The zero-order valence-electron chi connectivity index (χ0n) is 31.3. The lowest BCUT2D eigenvalue weighted by Crippen LogP contribution is -2.67. The van der Waals surface area contributed by atoms with Crippen molar-refractivity contribution in [3.8, 4) is 0 Å². The van der Waals surface area contributed by atoms with E-state index in [-0.39, 0.29) is 19.1 Å². The van der Waals surface area contributed by atoms with Crippen molar-refractivity contribution in [2.45, 2.75) is 154 Å². The highest BCUT2D eigenvalue weighted by Crippen LogP contribution is 2.35. The van der Waals surface area contributed by atoms with Crippen LogP contribution in [0.1, 0.15) is 32.1 Å². The number of ether oxygens (including phenoxy) is 6. The number of carbonyl (C=O) groups is 1. The Morgan fingerprint density at radius 2 is 1.48 bits per heavy atom. The Morgan fingerprint density at radius 3 is 2.14 bits per heavy atom. The molecule has 326 valence electrons. The molecule has 56 heavy (non-hydrogen) atoms. The first kappa shape index (κ1) is 45.7. The van der Waals surface area contributed by atoms with Gasteiger partial charge in [-0.3, -0.25) is 4.79 Å². The molecule has 23 nitrogen and oxygen atoms in total. The molecule has 5 fully saturated rings. The maximum atomic E-state index is 12.8. The van der Waals surface area contributed by atoms with Crippen LogP contribution in [0, 0.1) is 0 Å². The van der Waals surface area contributed by atoms with Crippen LogP contribution in [0.2, 0.25) is 0 Å². The highest BCUT2D eigenvalue weighted by molar-refractivity contribution is 5.81. The molecule has 0 radical (unpaired) electrons. The molecular formula is C33H64N8O15. The molecule has 0 spiro atoms. The molecule has 19 atom stereocenters. The molecule has 5 aliphatic rings. The fraction of sp³-hybridized carbons (Fsp3) is 0.970. The van der Waals surface area contributed by atoms with E-state index in [1.165, 1.54) is 0 Å². The number of hydrogen-bond acceptors (Lipinski definition) is 22. The minimum Gasteiger partial charge on any atom is -0.394 e. The topological polar surface area (TPSA) is 400 Å². The third kappa shape index (κ3) is 10.7. The monoisotopic (exact) mass is 812 g/mol. The van der Waals surface area contributed by atoms with E-state index < -0.39 is 135 Å². The number of piperidine rings is 1. The number of hydrogen-bond donors (Lipinski definition) is 16. The fourth-order valence-corrected chi connectivity index (χ4v) is 7.84. The van der Waals surface area contributed by atoms with Gasteiger partial charge in [0.15, 0.2) is 25.0 Å². The Bertz CT molecular complexity index is 1230. The molecule has 4 heterocycles. The first-order valence-corrected chi connectivity index (χ1v) is 19.3. The molecule has 0 aromatic rings. The third-order valence-corrected chi connectivity index (χ3v) is 11.4. The molecule has 1 saturated carbocycles.